The van der Waals surface area contributed by atoms with Gasteiger partial charge in [-0.2, -0.15) is 5.26 Å². The predicted octanol–water partition coefficient (Wildman–Crippen LogP) is 3.24. The maximum atomic E-state index is 8.76. The summed E-state index contributed by atoms with van der Waals surface area (Å²) < 4.78 is 0. The molecule has 0 fully saturated rings. The van der Waals surface area contributed by atoms with E-state index in [1.165, 1.54) is 11.1 Å². The Morgan fingerprint density at radius 2 is 2.08 bits per heavy atom. The average Bonchev–Trinajstić information content (AvgIpc) is 2.16. The highest BCUT2D eigenvalue weighted by molar-refractivity contribution is 5.39. The van der Waals surface area contributed by atoms with Crippen LogP contribution in [0.25, 0.3) is 0 Å². The van der Waals surface area contributed by atoms with E-state index in [0.29, 0.717) is 5.92 Å². The second-order valence-corrected chi connectivity index (χ2v) is 3.53. The SMILES string of the molecule is CCc1ccc(C#N)cc1C(C)C. The highest BCUT2D eigenvalue weighted by atomic mass is 14.2. The van der Waals surface area contributed by atoms with Gasteiger partial charge in [-0.3, -0.25) is 0 Å². The van der Waals surface area contributed by atoms with Crippen LogP contribution in [0.4, 0.5) is 0 Å². The van der Waals surface area contributed by atoms with Crippen LogP contribution in [0.5, 0.6) is 0 Å². The zero-order chi connectivity index (χ0) is 9.84. The molecular formula is C12H15N. The maximum Gasteiger partial charge on any atom is 0.0991 e. The van der Waals surface area contributed by atoms with Crippen molar-refractivity contribution in [1.82, 2.24) is 0 Å². The smallest absolute Gasteiger partial charge is 0.0991 e. The van der Waals surface area contributed by atoms with Crippen LogP contribution < -0.4 is 0 Å². The van der Waals surface area contributed by atoms with Gasteiger partial charge in [-0.25, -0.2) is 0 Å². The maximum absolute atomic E-state index is 8.76. The first-order valence-corrected chi connectivity index (χ1v) is 4.72. The van der Waals surface area contributed by atoms with Gasteiger partial charge in [0.05, 0.1) is 11.6 Å². The first kappa shape index (κ1) is 9.80. The Hall–Kier alpha value is -1.29. The molecule has 1 aromatic rings. The van der Waals surface area contributed by atoms with Crippen LogP contribution in [0, 0.1) is 11.3 Å². The fourth-order valence-corrected chi connectivity index (χ4v) is 1.52. The predicted molar refractivity (Wildman–Crippen MR) is 54.6 cm³/mol. The van der Waals surface area contributed by atoms with Crippen LogP contribution in [0.15, 0.2) is 18.2 Å². The molecule has 0 spiro atoms. The molecule has 13 heavy (non-hydrogen) atoms. The Morgan fingerprint density at radius 1 is 1.38 bits per heavy atom. The van der Waals surface area contributed by atoms with Gasteiger partial charge in [0.1, 0.15) is 0 Å². The average molecular weight is 173 g/mol. The minimum absolute atomic E-state index is 0.503. The van der Waals surface area contributed by atoms with E-state index in [1.807, 2.05) is 12.1 Å². The largest absolute Gasteiger partial charge is 0.192 e. The molecule has 0 aliphatic carbocycles. The van der Waals surface area contributed by atoms with Gasteiger partial charge in [0.15, 0.2) is 0 Å². The molecule has 0 aliphatic heterocycles. The third-order valence-corrected chi connectivity index (χ3v) is 2.28. The summed E-state index contributed by atoms with van der Waals surface area (Å²) in [5.41, 5.74) is 3.43. The van der Waals surface area contributed by atoms with Crippen molar-refractivity contribution in [2.75, 3.05) is 0 Å². The van der Waals surface area contributed by atoms with Crippen LogP contribution in [0.1, 0.15) is 43.4 Å². The molecule has 0 heterocycles. The molecular weight excluding hydrogens is 158 g/mol. The number of nitriles is 1. The summed E-state index contributed by atoms with van der Waals surface area (Å²) >= 11 is 0. The highest BCUT2D eigenvalue weighted by Crippen LogP contribution is 2.21. The summed E-state index contributed by atoms with van der Waals surface area (Å²) in [6, 6.07) is 8.13. The van der Waals surface area contributed by atoms with E-state index < -0.39 is 0 Å². The van der Waals surface area contributed by atoms with Crippen LogP contribution >= 0.6 is 0 Å². The summed E-state index contributed by atoms with van der Waals surface area (Å²) in [6.07, 6.45) is 1.04. The van der Waals surface area contributed by atoms with Crippen molar-refractivity contribution < 1.29 is 0 Å². The molecule has 1 nitrogen and oxygen atoms in total. The number of nitrogens with zero attached hydrogens (tertiary/aromatic N) is 1. The summed E-state index contributed by atoms with van der Waals surface area (Å²) in [7, 11) is 0. The third-order valence-electron chi connectivity index (χ3n) is 2.28. The van der Waals surface area contributed by atoms with Gasteiger partial charge in [-0.1, -0.05) is 26.8 Å². The molecule has 0 aliphatic rings. The van der Waals surface area contributed by atoms with Crippen molar-refractivity contribution in [3.05, 3.63) is 34.9 Å². The van der Waals surface area contributed by atoms with Crippen molar-refractivity contribution in [3.8, 4) is 6.07 Å². The van der Waals surface area contributed by atoms with E-state index in [0.717, 1.165) is 12.0 Å². The van der Waals surface area contributed by atoms with Gasteiger partial charge < -0.3 is 0 Å². The first-order valence-electron chi connectivity index (χ1n) is 4.72. The Morgan fingerprint density at radius 3 is 2.54 bits per heavy atom. The van der Waals surface area contributed by atoms with Crippen molar-refractivity contribution in [1.29, 1.82) is 5.26 Å². The molecule has 0 atom stereocenters. The topological polar surface area (TPSA) is 23.8 Å². The van der Waals surface area contributed by atoms with Crippen LogP contribution in [0.2, 0.25) is 0 Å². The Kier molecular flexibility index (Phi) is 3.08. The summed E-state index contributed by atoms with van der Waals surface area (Å²) in [5.74, 6) is 0.503. The Labute approximate surface area is 80.0 Å². The first-order chi connectivity index (χ1) is 6.19. The Bertz CT molecular complexity index is 331. The normalized spacial score (nSPS) is 10.1. The molecule has 0 bridgehead atoms. The van der Waals surface area contributed by atoms with Gasteiger partial charge in [-0.15, -0.1) is 0 Å². The van der Waals surface area contributed by atoms with Gasteiger partial charge in [-0.05, 0) is 35.6 Å². The van der Waals surface area contributed by atoms with E-state index in [9.17, 15) is 0 Å². The number of hydrogen-bond acceptors (Lipinski definition) is 1. The Balaban J connectivity index is 3.20. The molecule has 0 saturated carbocycles. The number of rotatable bonds is 2. The van der Waals surface area contributed by atoms with Crippen molar-refractivity contribution in [3.63, 3.8) is 0 Å². The molecule has 68 valence electrons. The molecule has 1 heteroatoms. The molecule has 0 N–H and O–H groups in total. The summed E-state index contributed by atoms with van der Waals surface area (Å²) in [4.78, 5) is 0. The van der Waals surface area contributed by atoms with Crippen molar-refractivity contribution >= 4 is 0 Å². The van der Waals surface area contributed by atoms with Gasteiger partial charge >= 0.3 is 0 Å². The molecule has 0 unspecified atom stereocenters. The summed E-state index contributed by atoms with van der Waals surface area (Å²) in [6.45, 7) is 6.47. The lowest BCUT2D eigenvalue weighted by Crippen LogP contribution is -1.95. The third kappa shape index (κ3) is 2.09. The van der Waals surface area contributed by atoms with E-state index in [2.05, 4.69) is 32.9 Å². The lowest BCUT2D eigenvalue weighted by molar-refractivity contribution is 0.843. The van der Waals surface area contributed by atoms with E-state index >= 15 is 0 Å². The zero-order valence-corrected chi connectivity index (χ0v) is 8.46. The highest BCUT2D eigenvalue weighted by Gasteiger charge is 2.05. The van der Waals surface area contributed by atoms with Gasteiger partial charge in [0.25, 0.3) is 0 Å². The fraction of sp³-hybridized carbons (Fsp3) is 0.417. The second-order valence-electron chi connectivity index (χ2n) is 3.53. The lowest BCUT2D eigenvalue weighted by atomic mass is 9.94. The minimum atomic E-state index is 0.503. The van der Waals surface area contributed by atoms with Crippen molar-refractivity contribution in [2.24, 2.45) is 0 Å². The van der Waals surface area contributed by atoms with Crippen LogP contribution in [0.3, 0.4) is 0 Å². The fourth-order valence-electron chi connectivity index (χ4n) is 1.52. The van der Waals surface area contributed by atoms with Gasteiger partial charge in [0.2, 0.25) is 0 Å². The van der Waals surface area contributed by atoms with Crippen molar-refractivity contribution in [2.45, 2.75) is 33.1 Å². The molecule has 0 amide bonds. The quantitative estimate of drug-likeness (QED) is 0.673. The molecule has 0 aromatic heterocycles. The molecule has 0 saturated heterocycles. The monoisotopic (exact) mass is 173 g/mol. The van der Waals surface area contributed by atoms with E-state index in [-0.39, 0.29) is 0 Å². The lowest BCUT2D eigenvalue weighted by Gasteiger charge is -2.11. The number of benzene rings is 1. The molecule has 0 radical (unpaired) electrons. The van der Waals surface area contributed by atoms with Crippen LogP contribution in [-0.2, 0) is 6.42 Å². The number of aryl methyl sites for hydroxylation is 1. The summed E-state index contributed by atoms with van der Waals surface area (Å²) in [5, 5.41) is 8.76. The second kappa shape index (κ2) is 4.09. The number of hydrogen-bond donors (Lipinski definition) is 0. The minimum Gasteiger partial charge on any atom is -0.192 e. The molecule has 1 rings (SSSR count). The van der Waals surface area contributed by atoms with E-state index in [1.54, 1.807) is 0 Å². The standard InChI is InChI=1S/C12H15N/c1-4-11-6-5-10(8-13)7-12(11)9(2)3/h5-7,9H,4H2,1-3H3. The van der Waals surface area contributed by atoms with Gasteiger partial charge in [0, 0.05) is 0 Å². The molecule has 1 aromatic carbocycles. The van der Waals surface area contributed by atoms with Crippen LogP contribution in [-0.4, -0.2) is 0 Å². The van der Waals surface area contributed by atoms with E-state index in [4.69, 9.17) is 5.26 Å². The zero-order valence-electron chi connectivity index (χ0n) is 8.46.